The highest BCUT2D eigenvalue weighted by Crippen LogP contribution is 2.33. The molecule has 5 atom stereocenters. The molecule has 2 saturated carbocycles. The molecule has 0 spiro atoms. The van der Waals surface area contributed by atoms with E-state index in [4.69, 9.17) is 4.74 Å². The summed E-state index contributed by atoms with van der Waals surface area (Å²) < 4.78 is 5.96. The van der Waals surface area contributed by atoms with Crippen LogP contribution in [0.1, 0.15) is 106 Å². The number of nitrogens with zero attached hydrogens (tertiary/aromatic N) is 2. The molecule has 5 aliphatic rings. The number of likely N-dealkylation sites (tertiary alicyclic amines) is 1. The molecule has 1 saturated heterocycles. The van der Waals surface area contributed by atoms with Crippen molar-refractivity contribution in [1.82, 2.24) is 31.1 Å². The zero-order valence-electron chi connectivity index (χ0n) is 32.1. The number of ether oxygens (including phenoxy) is 1. The lowest BCUT2D eigenvalue weighted by Crippen LogP contribution is -2.61. The number of Topliss-reactive ketones (excluding diaryl/α,β-unsaturated/α-hetero) is 2. The van der Waals surface area contributed by atoms with Crippen molar-refractivity contribution in [3.63, 3.8) is 0 Å². The van der Waals surface area contributed by atoms with Crippen molar-refractivity contribution in [2.45, 2.75) is 142 Å². The van der Waals surface area contributed by atoms with E-state index in [-0.39, 0.29) is 43.0 Å². The lowest BCUT2D eigenvalue weighted by Gasteiger charge is -2.36. The maximum absolute atomic E-state index is 14.5. The van der Waals surface area contributed by atoms with Gasteiger partial charge in [0, 0.05) is 31.5 Å². The van der Waals surface area contributed by atoms with E-state index in [1.807, 2.05) is 20.8 Å². The maximum Gasteiger partial charge on any atom is 0.410 e. The number of allylic oxidation sites excluding steroid dienone is 2. The van der Waals surface area contributed by atoms with Crippen molar-refractivity contribution in [2.75, 3.05) is 19.6 Å². The summed E-state index contributed by atoms with van der Waals surface area (Å²) in [6.07, 6.45) is 9.25. The molecule has 0 bridgehead atoms. The number of nitrogens with one attached hydrogen (secondary N) is 4. The van der Waals surface area contributed by atoms with Gasteiger partial charge in [-0.15, -0.1) is 0 Å². The van der Waals surface area contributed by atoms with Gasteiger partial charge in [0.05, 0.1) is 18.6 Å². The van der Waals surface area contributed by atoms with Crippen molar-refractivity contribution in [3.8, 4) is 0 Å². The Labute approximate surface area is 312 Å². The fourth-order valence-corrected chi connectivity index (χ4v) is 7.30. The summed E-state index contributed by atoms with van der Waals surface area (Å²) in [7, 11) is 0. The molecule has 3 aliphatic carbocycles. The van der Waals surface area contributed by atoms with E-state index in [2.05, 4.69) is 33.4 Å². The lowest BCUT2D eigenvalue weighted by molar-refractivity contribution is -0.144. The van der Waals surface area contributed by atoms with Crippen molar-refractivity contribution in [1.29, 1.82) is 0 Å². The minimum Gasteiger partial charge on any atom is -0.444 e. The van der Waals surface area contributed by atoms with Gasteiger partial charge in [-0.05, 0) is 73.8 Å². The minimum atomic E-state index is -1.16. The molecular weight excluding hydrogens is 680 g/mol. The second-order valence-corrected chi connectivity index (χ2v) is 16.8. The van der Waals surface area contributed by atoms with E-state index >= 15 is 0 Å². The Morgan fingerprint density at radius 1 is 0.962 bits per heavy atom. The van der Waals surface area contributed by atoms with Crippen LogP contribution in [0.4, 0.5) is 9.59 Å². The Hall–Kier alpha value is -4.23. The van der Waals surface area contributed by atoms with Gasteiger partial charge in [0.15, 0.2) is 5.78 Å². The molecule has 53 heavy (non-hydrogen) atoms. The van der Waals surface area contributed by atoms with Crippen LogP contribution in [-0.4, -0.2) is 107 Å². The van der Waals surface area contributed by atoms with E-state index in [1.54, 1.807) is 25.7 Å². The lowest BCUT2D eigenvalue weighted by atomic mass is 9.85. The van der Waals surface area contributed by atoms with Crippen molar-refractivity contribution in [2.24, 2.45) is 17.3 Å². The highest BCUT2D eigenvalue weighted by Gasteiger charge is 2.47. The number of hydrogen-bond donors (Lipinski definition) is 4. The van der Waals surface area contributed by atoms with Crippen LogP contribution >= 0.6 is 0 Å². The molecule has 14 nitrogen and oxygen atoms in total. The zero-order valence-corrected chi connectivity index (χ0v) is 32.1. The molecule has 0 aromatic heterocycles. The summed E-state index contributed by atoms with van der Waals surface area (Å²) in [5.41, 5.74) is 1.61. The van der Waals surface area contributed by atoms with Crippen LogP contribution in [0.5, 0.6) is 0 Å². The molecule has 5 rings (SSSR count). The fourth-order valence-electron chi connectivity index (χ4n) is 7.30. The van der Waals surface area contributed by atoms with Gasteiger partial charge in [-0.2, -0.15) is 0 Å². The Kier molecular flexibility index (Phi) is 12.7. The first-order chi connectivity index (χ1) is 25.1. The van der Waals surface area contributed by atoms with Gasteiger partial charge in [0.2, 0.25) is 17.6 Å². The van der Waals surface area contributed by atoms with E-state index < -0.39 is 71.3 Å². The largest absolute Gasteiger partial charge is 0.444 e. The molecule has 2 heterocycles. The quantitative estimate of drug-likeness (QED) is 0.196. The Morgan fingerprint density at radius 3 is 2.30 bits per heavy atom. The Balaban J connectivity index is 1.34. The normalized spacial score (nSPS) is 23.1. The first-order valence-corrected chi connectivity index (χ1v) is 19.5. The van der Waals surface area contributed by atoms with Crippen LogP contribution in [0.15, 0.2) is 23.3 Å². The predicted octanol–water partition coefficient (Wildman–Crippen LogP) is 3.30. The van der Waals surface area contributed by atoms with Gasteiger partial charge < -0.3 is 35.8 Å². The third kappa shape index (κ3) is 10.3. The fraction of sp³-hybridized carbons (Fsp3) is 0.718. The number of hydrogen-bond acceptors (Lipinski definition) is 8. The predicted molar refractivity (Wildman–Crippen MR) is 196 cm³/mol. The van der Waals surface area contributed by atoms with E-state index in [0.717, 1.165) is 38.5 Å². The van der Waals surface area contributed by atoms with E-state index in [9.17, 15) is 33.6 Å². The highest BCUT2D eigenvalue weighted by atomic mass is 16.6. The third-order valence-corrected chi connectivity index (χ3v) is 10.8. The molecule has 0 aromatic carbocycles. The summed E-state index contributed by atoms with van der Waals surface area (Å²) in [4.78, 5) is 97.3. The summed E-state index contributed by atoms with van der Waals surface area (Å²) in [5.74, 6) is -3.01. The first kappa shape index (κ1) is 40.0. The number of rotatable bonds is 14. The molecule has 6 amide bonds. The van der Waals surface area contributed by atoms with Crippen molar-refractivity contribution < 1.29 is 38.3 Å². The van der Waals surface area contributed by atoms with E-state index in [1.165, 1.54) is 16.0 Å². The molecule has 0 radical (unpaired) electrons. The molecule has 0 aromatic rings. The number of amides is 6. The van der Waals surface area contributed by atoms with Crippen LogP contribution in [0.25, 0.3) is 0 Å². The van der Waals surface area contributed by atoms with Crippen molar-refractivity contribution >= 4 is 41.4 Å². The molecule has 3 fully saturated rings. The maximum atomic E-state index is 14.5. The van der Waals surface area contributed by atoms with Gasteiger partial charge in [-0.1, -0.05) is 60.1 Å². The van der Waals surface area contributed by atoms with E-state index in [0.29, 0.717) is 25.9 Å². The smallest absolute Gasteiger partial charge is 0.410 e. The molecule has 4 N–H and O–H groups in total. The van der Waals surface area contributed by atoms with Crippen LogP contribution in [-0.2, 0) is 28.7 Å². The topological polar surface area (TPSA) is 183 Å². The Bertz CT molecular complexity index is 1520. The van der Waals surface area contributed by atoms with Gasteiger partial charge in [-0.25, -0.2) is 9.59 Å². The highest BCUT2D eigenvalue weighted by molar-refractivity contribution is 6.38. The summed E-state index contributed by atoms with van der Waals surface area (Å²) in [6, 6.07) is -4.84. The van der Waals surface area contributed by atoms with Gasteiger partial charge >= 0.3 is 12.1 Å². The molecule has 2 aliphatic heterocycles. The van der Waals surface area contributed by atoms with Crippen molar-refractivity contribution in [3.05, 3.63) is 23.3 Å². The average molecular weight is 739 g/mol. The average Bonchev–Trinajstić information content (AvgIpc) is 4.06. The monoisotopic (exact) mass is 738 g/mol. The third-order valence-electron chi connectivity index (χ3n) is 10.8. The van der Waals surface area contributed by atoms with Crippen LogP contribution < -0.4 is 21.3 Å². The molecule has 1 unspecified atom stereocenters. The standard InChI is InChI=1S/C39H58N6O8/c1-7-10-28(32(47)35(49)40-26-15-16-26)41-34(48)29-19-27(53-38(52)44-18-17-23-11-8-9-12-25(23)20-44)21-45(29)36(50)33(39(4,5)6)43-37(51)42-30(22(2)3)31(46)24-13-14-24/h8,11,22,24,26-30,33H,7,9-10,12-21H2,1-6H3,(H,40,49)(H,41,48)(H2,42,43,51)/t27-,28?,29+,30+,33-/m1/s1. The molecular formula is C39H58N6O8. The minimum absolute atomic E-state index is 0.0297. The number of ketones is 2. The zero-order chi connectivity index (χ0) is 38.6. The SMILES string of the molecule is CCCC(NC(=O)[C@@H]1C[C@@H](OC(=O)N2CCC3=C(CCC=C3)C2)CN1C(=O)[C@@H](NC(=O)N[C@H](C(=O)C1CC1)C(C)C)C(C)(C)C)C(=O)C(=O)NC1CC1. The summed E-state index contributed by atoms with van der Waals surface area (Å²) in [6.45, 7) is 11.7. The first-order valence-electron chi connectivity index (χ1n) is 19.5. The van der Waals surface area contributed by atoms with Crippen LogP contribution in [0, 0.1) is 17.3 Å². The molecule has 14 heteroatoms. The number of urea groups is 1. The van der Waals surface area contributed by atoms with Crippen LogP contribution in [0.3, 0.4) is 0 Å². The van der Waals surface area contributed by atoms with Gasteiger partial charge in [-0.3, -0.25) is 24.0 Å². The van der Waals surface area contributed by atoms with Gasteiger partial charge in [0.1, 0.15) is 18.2 Å². The summed E-state index contributed by atoms with van der Waals surface area (Å²) >= 11 is 0. The second kappa shape index (κ2) is 16.8. The van der Waals surface area contributed by atoms with Gasteiger partial charge in [0.25, 0.3) is 5.91 Å². The number of carbonyl (C=O) groups excluding carboxylic acids is 7. The Morgan fingerprint density at radius 2 is 1.68 bits per heavy atom. The number of carbonyl (C=O) groups is 7. The second-order valence-electron chi connectivity index (χ2n) is 16.8. The summed E-state index contributed by atoms with van der Waals surface area (Å²) in [5, 5.41) is 11.0. The van der Waals surface area contributed by atoms with Crippen LogP contribution in [0.2, 0.25) is 0 Å². The molecule has 292 valence electrons.